The second kappa shape index (κ2) is 6.95. The summed E-state index contributed by atoms with van der Waals surface area (Å²) in [4.78, 5) is 23.8. The lowest BCUT2D eigenvalue weighted by atomic mass is 9.98. The van der Waals surface area contributed by atoms with Crippen molar-refractivity contribution in [2.45, 2.75) is 51.8 Å². The molecule has 0 radical (unpaired) electrons. The third kappa shape index (κ3) is 4.38. The molecule has 0 aliphatic carbocycles. The van der Waals surface area contributed by atoms with Crippen LogP contribution in [0.1, 0.15) is 39.5 Å². The highest BCUT2D eigenvalue weighted by molar-refractivity contribution is 5.83. The van der Waals surface area contributed by atoms with Gasteiger partial charge >= 0.3 is 18.1 Å². The summed E-state index contributed by atoms with van der Waals surface area (Å²) in [5.74, 6) is -3.04. The average molecular weight is 295 g/mol. The molecular formula is C13H20F3NO3. The van der Waals surface area contributed by atoms with Crippen LogP contribution in [-0.4, -0.2) is 42.1 Å². The number of carbonyl (C=O) groups is 2. The minimum Gasteiger partial charge on any atom is -0.462 e. The van der Waals surface area contributed by atoms with Crippen LogP contribution in [0.4, 0.5) is 13.2 Å². The number of hydrogen-bond donors (Lipinski definition) is 0. The molecule has 1 fully saturated rings. The Bertz CT molecular complexity index is 353. The number of likely N-dealkylation sites (tertiary alicyclic amines) is 1. The van der Waals surface area contributed by atoms with Crippen LogP contribution in [-0.2, 0) is 14.3 Å². The third-order valence-corrected chi connectivity index (χ3v) is 3.48. The van der Waals surface area contributed by atoms with E-state index in [0.29, 0.717) is 30.6 Å². The zero-order chi connectivity index (χ0) is 15.3. The first kappa shape index (κ1) is 16.8. The molecule has 1 rings (SSSR count). The molecule has 116 valence electrons. The molecule has 0 aromatic rings. The van der Waals surface area contributed by atoms with Crippen LogP contribution >= 0.6 is 0 Å². The van der Waals surface area contributed by atoms with Crippen molar-refractivity contribution in [3.8, 4) is 0 Å². The standard InChI is InChI=1S/C13H20F3NO3/c1-3-10(4-2)20-11(18)9-6-5-7-17(8-9)12(19)13(14,15)16/h9-10H,3-8H2,1-2H3/t9-/m1/s1. The number of ether oxygens (including phenoxy) is 1. The van der Waals surface area contributed by atoms with Gasteiger partial charge in [-0.2, -0.15) is 13.2 Å². The number of alkyl halides is 3. The fraction of sp³-hybridized carbons (Fsp3) is 0.846. The first-order valence-corrected chi connectivity index (χ1v) is 6.86. The highest BCUT2D eigenvalue weighted by Crippen LogP contribution is 2.25. The topological polar surface area (TPSA) is 46.6 Å². The van der Waals surface area contributed by atoms with E-state index in [0.717, 1.165) is 0 Å². The van der Waals surface area contributed by atoms with E-state index < -0.39 is 24.0 Å². The molecule has 0 unspecified atom stereocenters. The monoisotopic (exact) mass is 295 g/mol. The summed E-state index contributed by atoms with van der Waals surface area (Å²) < 4.78 is 42.4. The molecule has 0 N–H and O–H groups in total. The minimum absolute atomic E-state index is 0.0348. The van der Waals surface area contributed by atoms with Gasteiger partial charge in [0.2, 0.25) is 0 Å². The van der Waals surface area contributed by atoms with Gasteiger partial charge in [0.25, 0.3) is 0 Å². The fourth-order valence-electron chi connectivity index (χ4n) is 2.25. The molecular weight excluding hydrogens is 275 g/mol. The Hall–Kier alpha value is -1.27. The van der Waals surface area contributed by atoms with E-state index in [4.69, 9.17) is 4.74 Å². The van der Waals surface area contributed by atoms with E-state index in [-0.39, 0.29) is 19.2 Å². The summed E-state index contributed by atoms with van der Waals surface area (Å²) in [7, 11) is 0. The Kier molecular flexibility index (Phi) is 5.83. The first-order valence-electron chi connectivity index (χ1n) is 6.86. The second-order valence-corrected chi connectivity index (χ2v) is 4.96. The second-order valence-electron chi connectivity index (χ2n) is 4.96. The third-order valence-electron chi connectivity index (χ3n) is 3.48. The molecule has 1 aliphatic heterocycles. The number of carbonyl (C=O) groups excluding carboxylic acids is 2. The molecule has 1 amide bonds. The van der Waals surface area contributed by atoms with Crippen LogP contribution in [0, 0.1) is 5.92 Å². The Morgan fingerprint density at radius 1 is 1.30 bits per heavy atom. The maximum atomic E-state index is 12.4. The quantitative estimate of drug-likeness (QED) is 0.749. The first-order chi connectivity index (χ1) is 9.29. The van der Waals surface area contributed by atoms with Gasteiger partial charge in [-0.15, -0.1) is 0 Å². The van der Waals surface area contributed by atoms with Crippen molar-refractivity contribution in [3.05, 3.63) is 0 Å². The molecule has 1 aliphatic rings. The maximum Gasteiger partial charge on any atom is 0.471 e. The Morgan fingerprint density at radius 3 is 2.40 bits per heavy atom. The van der Waals surface area contributed by atoms with E-state index in [9.17, 15) is 22.8 Å². The Labute approximate surface area is 116 Å². The van der Waals surface area contributed by atoms with Gasteiger partial charge in [-0.05, 0) is 25.7 Å². The lowest BCUT2D eigenvalue weighted by Crippen LogP contribution is -2.48. The number of esters is 1. The van der Waals surface area contributed by atoms with Crippen LogP contribution in [0.15, 0.2) is 0 Å². The normalized spacial score (nSPS) is 20.1. The average Bonchev–Trinajstić information content (AvgIpc) is 2.42. The van der Waals surface area contributed by atoms with Crippen LogP contribution in [0.25, 0.3) is 0 Å². The molecule has 20 heavy (non-hydrogen) atoms. The van der Waals surface area contributed by atoms with Crippen molar-refractivity contribution in [1.29, 1.82) is 0 Å². The van der Waals surface area contributed by atoms with Gasteiger partial charge in [-0.3, -0.25) is 9.59 Å². The lowest BCUT2D eigenvalue weighted by Gasteiger charge is -2.32. The number of halogens is 3. The van der Waals surface area contributed by atoms with Crippen molar-refractivity contribution in [2.24, 2.45) is 5.92 Å². The van der Waals surface area contributed by atoms with Crippen molar-refractivity contribution in [2.75, 3.05) is 13.1 Å². The predicted molar refractivity (Wildman–Crippen MR) is 65.8 cm³/mol. The molecule has 7 heteroatoms. The van der Waals surface area contributed by atoms with Gasteiger partial charge in [-0.1, -0.05) is 13.8 Å². The molecule has 1 atom stereocenters. The summed E-state index contributed by atoms with van der Waals surface area (Å²) in [5, 5.41) is 0. The number of nitrogens with zero attached hydrogens (tertiary/aromatic N) is 1. The molecule has 4 nitrogen and oxygen atoms in total. The molecule has 0 spiro atoms. The number of piperidine rings is 1. The lowest BCUT2D eigenvalue weighted by molar-refractivity contribution is -0.188. The van der Waals surface area contributed by atoms with E-state index in [1.807, 2.05) is 13.8 Å². The van der Waals surface area contributed by atoms with E-state index in [1.165, 1.54) is 0 Å². The highest BCUT2D eigenvalue weighted by atomic mass is 19.4. The van der Waals surface area contributed by atoms with Crippen molar-refractivity contribution in [1.82, 2.24) is 4.90 Å². The summed E-state index contributed by atoms with van der Waals surface area (Å²) in [6.07, 6.45) is -2.93. The largest absolute Gasteiger partial charge is 0.471 e. The van der Waals surface area contributed by atoms with E-state index in [1.54, 1.807) is 0 Å². The molecule has 1 saturated heterocycles. The molecule has 0 aromatic carbocycles. The van der Waals surface area contributed by atoms with Crippen LogP contribution < -0.4 is 0 Å². The molecule has 0 aromatic heterocycles. The SMILES string of the molecule is CCC(CC)OC(=O)[C@@H]1CCCN(C(=O)C(F)(F)F)C1. The van der Waals surface area contributed by atoms with Crippen molar-refractivity contribution < 1.29 is 27.5 Å². The van der Waals surface area contributed by atoms with Gasteiger partial charge in [0.1, 0.15) is 6.10 Å². The van der Waals surface area contributed by atoms with Crippen molar-refractivity contribution >= 4 is 11.9 Å². The summed E-state index contributed by atoms with van der Waals surface area (Å²) in [5.41, 5.74) is 0. The maximum absolute atomic E-state index is 12.4. The minimum atomic E-state index is -4.89. The zero-order valence-electron chi connectivity index (χ0n) is 11.7. The molecule has 0 bridgehead atoms. The van der Waals surface area contributed by atoms with Gasteiger partial charge in [-0.25, -0.2) is 0 Å². The number of hydrogen-bond acceptors (Lipinski definition) is 3. The summed E-state index contributed by atoms with van der Waals surface area (Å²) in [6, 6.07) is 0. The highest BCUT2D eigenvalue weighted by Gasteiger charge is 2.44. The van der Waals surface area contributed by atoms with Crippen LogP contribution in [0.2, 0.25) is 0 Å². The van der Waals surface area contributed by atoms with Gasteiger partial charge < -0.3 is 9.64 Å². The smallest absolute Gasteiger partial charge is 0.462 e. The van der Waals surface area contributed by atoms with E-state index >= 15 is 0 Å². The summed E-state index contributed by atoms with van der Waals surface area (Å²) in [6.45, 7) is 3.58. The van der Waals surface area contributed by atoms with Crippen LogP contribution in [0.5, 0.6) is 0 Å². The van der Waals surface area contributed by atoms with Gasteiger partial charge in [0, 0.05) is 13.1 Å². The predicted octanol–water partition coefficient (Wildman–Crippen LogP) is 2.52. The Morgan fingerprint density at radius 2 is 1.90 bits per heavy atom. The van der Waals surface area contributed by atoms with Crippen LogP contribution in [0.3, 0.4) is 0 Å². The number of amides is 1. The number of rotatable bonds is 4. The zero-order valence-corrected chi connectivity index (χ0v) is 11.7. The van der Waals surface area contributed by atoms with Gasteiger partial charge in [0.15, 0.2) is 0 Å². The fourth-order valence-corrected chi connectivity index (χ4v) is 2.25. The summed E-state index contributed by atoms with van der Waals surface area (Å²) >= 11 is 0. The Balaban J connectivity index is 2.60. The van der Waals surface area contributed by atoms with E-state index in [2.05, 4.69) is 0 Å². The van der Waals surface area contributed by atoms with Crippen molar-refractivity contribution in [3.63, 3.8) is 0 Å². The van der Waals surface area contributed by atoms with Gasteiger partial charge in [0.05, 0.1) is 5.92 Å². The molecule has 1 heterocycles. The molecule has 0 saturated carbocycles.